The van der Waals surface area contributed by atoms with Gasteiger partial charge in [0.1, 0.15) is 5.35 Å². The summed E-state index contributed by atoms with van der Waals surface area (Å²) in [5.74, 6) is 0. The molecule has 76 valence electrons. The predicted molar refractivity (Wildman–Crippen MR) is 61.8 cm³/mol. The quantitative estimate of drug-likeness (QED) is 0.836. The summed E-state index contributed by atoms with van der Waals surface area (Å²) in [5, 5.41) is 0.405. The first-order chi connectivity index (χ1) is 7.15. The monoisotopic (exact) mass is 265 g/mol. The van der Waals surface area contributed by atoms with Gasteiger partial charge < -0.3 is 9.40 Å². The average Bonchev–Trinajstić information content (AvgIpc) is 2.49. The van der Waals surface area contributed by atoms with Gasteiger partial charge in [-0.1, -0.05) is 28.1 Å². The van der Waals surface area contributed by atoms with Crippen molar-refractivity contribution < 1.29 is 4.42 Å². The number of halogens is 1. The molecule has 15 heavy (non-hydrogen) atoms. The summed E-state index contributed by atoms with van der Waals surface area (Å²) in [6.07, 6.45) is 1.72. The molecule has 0 saturated heterocycles. The molecule has 1 heterocycles. The lowest BCUT2D eigenvalue weighted by molar-refractivity contribution is 0.488. The first-order valence-electron chi connectivity index (χ1n) is 4.30. The molecule has 0 aliphatic carbocycles. The van der Waals surface area contributed by atoms with Crippen molar-refractivity contribution in [1.29, 1.82) is 0 Å². The maximum absolute atomic E-state index is 11.2. The highest BCUT2D eigenvalue weighted by Crippen LogP contribution is 2.10. The Hall–Kier alpha value is -1.55. The van der Waals surface area contributed by atoms with E-state index in [1.807, 2.05) is 24.3 Å². The normalized spacial score (nSPS) is 11.9. The summed E-state index contributed by atoms with van der Waals surface area (Å²) in [7, 11) is 0. The number of oxazole rings is 1. The van der Waals surface area contributed by atoms with Crippen molar-refractivity contribution >= 4 is 28.6 Å². The molecule has 2 rings (SSSR count). The lowest BCUT2D eigenvalue weighted by atomic mass is 10.2. The van der Waals surface area contributed by atoms with E-state index in [2.05, 4.69) is 27.5 Å². The van der Waals surface area contributed by atoms with Gasteiger partial charge in [0.25, 0.3) is 0 Å². The van der Waals surface area contributed by atoms with Gasteiger partial charge in [-0.2, -0.15) is 0 Å². The number of hydrogen-bond acceptors (Lipinski definition) is 2. The number of nitrogens with one attached hydrogen (secondary N) is 1. The molecule has 3 nitrogen and oxygen atoms in total. The van der Waals surface area contributed by atoms with Gasteiger partial charge in [-0.05, 0) is 30.4 Å². The Labute approximate surface area is 93.9 Å². The standard InChI is InChI=1S/C11H8BrNO2/c1-7-13-10(11(14)15-7)6-8-2-4-9(12)5-3-8/h2-6,13H,1H2. The van der Waals surface area contributed by atoms with Crippen molar-refractivity contribution in [2.24, 2.45) is 0 Å². The first-order valence-corrected chi connectivity index (χ1v) is 5.10. The number of hydrogen-bond donors (Lipinski definition) is 1. The third kappa shape index (κ3) is 2.27. The topological polar surface area (TPSA) is 46.0 Å². The minimum absolute atomic E-state index is 0.267. The zero-order chi connectivity index (χ0) is 10.8. The molecule has 0 saturated carbocycles. The van der Waals surface area contributed by atoms with Crippen molar-refractivity contribution in [2.75, 3.05) is 0 Å². The van der Waals surface area contributed by atoms with Gasteiger partial charge in [0, 0.05) is 4.47 Å². The molecule has 4 heteroatoms. The van der Waals surface area contributed by atoms with Gasteiger partial charge in [0.15, 0.2) is 5.55 Å². The van der Waals surface area contributed by atoms with Gasteiger partial charge in [-0.25, -0.2) is 4.79 Å². The van der Waals surface area contributed by atoms with Gasteiger partial charge in [0.2, 0.25) is 0 Å². The number of benzene rings is 1. The number of H-pyrrole nitrogens is 1. The fourth-order valence-corrected chi connectivity index (χ4v) is 1.48. The number of aromatic amines is 1. The fourth-order valence-electron chi connectivity index (χ4n) is 1.21. The minimum Gasteiger partial charge on any atom is -0.405 e. The Morgan fingerprint density at radius 2 is 2.00 bits per heavy atom. The first kappa shape index (κ1) is 9.98. The van der Waals surface area contributed by atoms with Gasteiger partial charge in [-0.15, -0.1) is 0 Å². The van der Waals surface area contributed by atoms with Crippen LogP contribution in [0.3, 0.4) is 0 Å². The average molecular weight is 266 g/mol. The molecule has 1 aromatic heterocycles. The van der Waals surface area contributed by atoms with E-state index in [1.54, 1.807) is 6.08 Å². The zero-order valence-electron chi connectivity index (χ0n) is 7.79. The number of rotatable bonds is 1. The van der Waals surface area contributed by atoms with Crippen LogP contribution >= 0.6 is 15.9 Å². The van der Waals surface area contributed by atoms with Crippen molar-refractivity contribution in [3.05, 3.63) is 55.6 Å². The summed E-state index contributed by atoms with van der Waals surface area (Å²) in [6, 6.07) is 7.60. The zero-order valence-corrected chi connectivity index (χ0v) is 9.37. The maximum atomic E-state index is 11.2. The molecule has 1 aromatic carbocycles. The molecule has 0 fully saturated rings. The van der Waals surface area contributed by atoms with E-state index in [1.165, 1.54) is 0 Å². The van der Waals surface area contributed by atoms with Crippen LogP contribution in [0.2, 0.25) is 0 Å². The van der Waals surface area contributed by atoms with Crippen LogP contribution in [0.15, 0.2) is 37.9 Å². The Morgan fingerprint density at radius 3 is 2.53 bits per heavy atom. The third-order valence-electron chi connectivity index (χ3n) is 1.89. The van der Waals surface area contributed by atoms with Crippen molar-refractivity contribution in [3.8, 4) is 0 Å². The fraction of sp³-hybridized carbons (Fsp3) is 0. The van der Waals surface area contributed by atoms with Crippen LogP contribution in [0.5, 0.6) is 0 Å². The van der Waals surface area contributed by atoms with E-state index < -0.39 is 5.63 Å². The molecule has 0 aliphatic rings. The lowest BCUT2D eigenvalue weighted by Gasteiger charge is -1.91. The Balaban J connectivity index is 2.55. The second-order valence-corrected chi connectivity index (χ2v) is 3.96. The molecule has 2 aromatic rings. The smallest absolute Gasteiger partial charge is 0.361 e. The van der Waals surface area contributed by atoms with E-state index in [4.69, 9.17) is 4.42 Å². The van der Waals surface area contributed by atoms with E-state index >= 15 is 0 Å². The Morgan fingerprint density at radius 1 is 1.33 bits per heavy atom. The minimum atomic E-state index is -0.400. The Bertz CT molecular complexity index is 622. The lowest BCUT2D eigenvalue weighted by Crippen LogP contribution is -2.20. The van der Waals surface area contributed by atoms with E-state index in [9.17, 15) is 4.79 Å². The van der Waals surface area contributed by atoms with Crippen LogP contribution in [0.4, 0.5) is 0 Å². The molecule has 0 bridgehead atoms. The molecule has 0 aliphatic heterocycles. The summed E-state index contributed by atoms with van der Waals surface area (Å²) in [6.45, 7) is 3.51. The van der Waals surface area contributed by atoms with Crippen molar-refractivity contribution in [3.63, 3.8) is 0 Å². The van der Waals surface area contributed by atoms with E-state index in [0.29, 0.717) is 5.35 Å². The molecule has 1 N–H and O–H groups in total. The number of aromatic nitrogens is 1. The largest absolute Gasteiger partial charge is 0.405 e. The summed E-state index contributed by atoms with van der Waals surface area (Å²) < 4.78 is 5.74. The van der Waals surface area contributed by atoms with Crippen LogP contribution in [0.25, 0.3) is 12.7 Å². The van der Waals surface area contributed by atoms with Crippen molar-refractivity contribution in [2.45, 2.75) is 0 Å². The highest BCUT2D eigenvalue weighted by atomic mass is 79.9. The van der Waals surface area contributed by atoms with Crippen LogP contribution in [0.1, 0.15) is 5.56 Å². The van der Waals surface area contributed by atoms with Gasteiger partial charge in [0.05, 0.1) is 0 Å². The van der Waals surface area contributed by atoms with Crippen LogP contribution in [-0.2, 0) is 0 Å². The van der Waals surface area contributed by atoms with Crippen LogP contribution in [-0.4, -0.2) is 4.98 Å². The van der Waals surface area contributed by atoms with Crippen molar-refractivity contribution in [1.82, 2.24) is 4.98 Å². The molecule has 0 unspecified atom stereocenters. The van der Waals surface area contributed by atoms with E-state index in [-0.39, 0.29) is 5.55 Å². The second-order valence-electron chi connectivity index (χ2n) is 3.05. The van der Waals surface area contributed by atoms with Gasteiger partial charge >= 0.3 is 5.63 Å². The van der Waals surface area contributed by atoms with Crippen LogP contribution < -0.4 is 16.5 Å². The summed E-state index contributed by atoms with van der Waals surface area (Å²) >= 11 is 3.34. The highest BCUT2D eigenvalue weighted by molar-refractivity contribution is 9.10. The maximum Gasteiger partial charge on any atom is 0.361 e. The molecule has 0 spiro atoms. The van der Waals surface area contributed by atoms with Gasteiger partial charge in [-0.3, -0.25) is 0 Å². The molecule has 0 amide bonds. The predicted octanol–water partition coefficient (Wildman–Crippen LogP) is 0.970. The molecule has 0 radical (unpaired) electrons. The van der Waals surface area contributed by atoms with Crippen LogP contribution in [0, 0.1) is 0 Å². The summed E-state index contributed by atoms with van der Waals surface area (Å²) in [4.78, 5) is 14.0. The molecule has 0 atom stereocenters. The molecular weight excluding hydrogens is 258 g/mol. The SMILES string of the molecule is C=c1[nH]c(=Cc2ccc(Br)cc2)c(=O)o1. The Kier molecular flexibility index (Phi) is 2.60. The van der Waals surface area contributed by atoms with E-state index in [0.717, 1.165) is 10.0 Å². The summed E-state index contributed by atoms with van der Waals surface area (Å²) in [5.41, 5.74) is 0.790. The second kappa shape index (κ2) is 3.90. The molecular formula is C11H8BrNO2. The third-order valence-corrected chi connectivity index (χ3v) is 2.42. The highest BCUT2D eigenvalue weighted by Gasteiger charge is 1.94.